The van der Waals surface area contributed by atoms with Crippen LogP contribution in [-0.2, 0) is 0 Å². The molecule has 4 heteroatoms. The van der Waals surface area contributed by atoms with Crippen molar-refractivity contribution < 1.29 is 8.81 Å². The fourth-order valence-corrected chi connectivity index (χ4v) is 2.10. The summed E-state index contributed by atoms with van der Waals surface area (Å²) < 4.78 is 19.5. The highest BCUT2D eigenvalue weighted by molar-refractivity contribution is 6.31. The van der Waals surface area contributed by atoms with Crippen molar-refractivity contribution in [2.75, 3.05) is 7.05 Å². The van der Waals surface area contributed by atoms with Crippen LogP contribution >= 0.6 is 11.6 Å². The zero-order valence-electron chi connectivity index (χ0n) is 10.3. The highest BCUT2D eigenvalue weighted by atomic mass is 35.5. The Morgan fingerprint density at radius 2 is 2.11 bits per heavy atom. The highest BCUT2D eigenvalue weighted by Gasteiger charge is 2.15. The van der Waals surface area contributed by atoms with Crippen LogP contribution in [0.3, 0.4) is 0 Å². The van der Waals surface area contributed by atoms with Crippen LogP contribution in [0.5, 0.6) is 0 Å². The molecule has 1 atom stereocenters. The molecule has 1 N–H and O–H groups in total. The molecule has 96 valence electrons. The minimum absolute atomic E-state index is 0.103. The molecule has 0 aliphatic carbocycles. The first-order chi connectivity index (χ1) is 8.67. The van der Waals surface area contributed by atoms with E-state index in [2.05, 4.69) is 12.2 Å². The maximum atomic E-state index is 13.9. The van der Waals surface area contributed by atoms with Crippen LogP contribution in [0.4, 0.5) is 4.39 Å². The van der Waals surface area contributed by atoms with Crippen molar-refractivity contribution in [3.63, 3.8) is 0 Å². The Kier molecular flexibility index (Phi) is 4.04. The van der Waals surface area contributed by atoms with Gasteiger partial charge in [-0.1, -0.05) is 24.6 Å². The van der Waals surface area contributed by atoms with Gasteiger partial charge in [-0.15, -0.1) is 0 Å². The summed E-state index contributed by atoms with van der Waals surface area (Å²) in [6.45, 7) is 2.06. The molecule has 1 aromatic heterocycles. The van der Waals surface area contributed by atoms with Gasteiger partial charge < -0.3 is 9.73 Å². The Hall–Kier alpha value is -1.32. The van der Waals surface area contributed by atoms with E-state index in [0.29, 0.717) is 11.3 Å². The second-order valence-corrected chi connectivity index (χ2v) is 4.46. The van der Waals surface area contributed by atoms with Crippen molar-refractivity contribution in [2.24, 2.45) is 0 Å². The topological polar surface area (TPSA) is 25.2 Å². The molecule has 18 heavy (non-hydrogen) atoms. The minimum atomic E-state index is -0.447. The smallest absolute Gasteiger partial charge is 0.152 e. The molecule has 0 aliphatic rings. The molecule has 0 aliphatic heterocycles. The van der Waals surface area contributed by atoms with Crippen LogP contribution in [0, 0.1) is 5.82 Å². The number of rotatable bonds is 4. The standard InChI is InChI=1S/C14H15ClFNO/c1-3-11(17-2)13-8-7-12(18-13)9-5-4-6-10(15)14(9)16/h4-8,11,17H,3H2,1-2H3. The Morgan fingerprint density at radius 1 is 1.33 bits per heavy atom. The molecule has 1 unspecified atom stereocenters. The number of hydrogen-bond acceptors (Lipinski definition) is 2. The zero-order valence-corrected chi connectivity index (χ0v) is 11.1. The zero-order chi connectivity index (χ0) is 13.1. The van der Waals surface area contributed by atoms with Crippen LogP contribution < -0.4 is 5.32 Å². The van der Waals surface area contributed by atoms with Gasteiger partial charge in [0, 0.05) is 0 Å². The second kappa shape index (κ2) is 5.55. The van der Waals surface area contributed by atoms with E-state index in [1.165, 1.54) is 6.07 Å². The first-order valence-corrected chi connectivity index (χ1v) is 6.26. The number of furan rings is 1. The number of hydrogen-bond donors (Lipinski definition) is 1. The molecule has 0 spiro atoms. The van der Waals surface area contributed by atoms with Gasteiger partial charge in [0.2, 0.25) is 0 Å². The molecule has 0 bridgehead atoms. The van der Waals surface area contributed by atoms with E-state index in [0.717, 1.165) is 12.2 Å². The lowest BCUT2D eigenvalue weighted by Gasteiger charge is -2.10. The minimum Gasteiger partial charge on any atom is -0.459 e. The lowest BCUT2D eigenvalue weighted by molar-refractivity contribution is 0.430. The third-order valence-corrected chi connectivity index (χ3v) is 3.24. The van der Waals surface area contributed by atoms with Gasteiger partial charge in [0.1, 0.15) is 11.5 Å². The van der Waals surface area contributed by atoms with E-state index in [4.69, 9.17) is 16.0 Å². The Bertz CT molecular complexity index is 534. The molecule has 1 heterocycles. The summed E-state index contributed by atoms with van der Waals surface area (Å²) in [5, 5.41) is 3.25. The van der Waals surface area contributed by atoms with Gasteiger partial charge >= 0.3 is 0 Å². The highest BCUT2D eigenvalue weighted by Crippen LogP contribution is 2.30. The fraction of sp³-hybridized carbons (Fsp3) is 0.286. The van der Waals surface area contributed by atoms with Crippen molar-refractivity contribution in [3.8, 4) is 11.3 Å². The monoisotopic (exact) mass is 267 g/mol. The summed E-state index contributed by atoms with van der Waals surface area (Å²) in [5.74, 6) is 0.852. The molecular weight excluding hydrogens is 253 g/mol. The quantitative estimate of drug-likeness (QED) is 0.888. The molecule has 0 fully saturated rings. The summed E-state index contributed by atoms with van der Waals surface area (Å²) in [5.41, 5.74) is 0.389. The first kappa shape index (κ1) is 13.1. The maximum Gasteiger partial charge on any atom is 0.152 e. The Balaban J connectivity index is 2.38. The van der Waals surface area contributed by atoms with Crippen molar-refractivity contribution in [2.45, 2.75) is 19.4 Å². The average Bonchev–Trinajstić information content (AvgIpc) is 2.84. The van der Waals surface area contributed by atoms with E-state index >= 15 is 0 Å². The Morgan fingerprint density at radius 3 is 2.78 bits per heavy atom. The summed E-state index contributed by atoms with van der Waals surface area (Å²) >= 11 is 5.76. The van der Waals surface area contributed by atoms with Crippen LogP contribution in [-0.4, -0.2) is 7.05 Å². The van der Waals surface area contributed by atoms with Crippen LogP contribution in [0.2, 0.25) is 5.02 Å². The molecule has 1 aromatic carbocycles. The lowest BCUT2D eigenvalue weighted by Crippen LogP contribution is -2.14. The summed E-state index contributed by atoms with van der Waals surface area (Å²) in [6.07, 6.45) is 0.904. The molecule has 2 rings (SSSR count). The largest absolute Gasteiger partial charge is 0.459 e. The van der Waals surface area contributed by atoms with Gasteiger partial charge in [0.05, 0.1) is 16.6 Å². The van der Waals surface area contributed by atoms with Crippen molar-refractivity contribution >= 4 is 11.6 Å². The Labute approximate surface area is 111 Å². The van der Waals surface area contributed by atoms with Crippen LogP contribution in [0.15, 0.2) is 34.7 Å². The van der Waals surface area contributed by atoms with Crippen LogP contribution in [0.1, 0.15) is 25.1 Å². The van der Waals surface area contributed by atoms with Gasteiger partial charge in [-0.2, -0.15) is 0 Å². The maximum absolute atomic E-state index is 13.9. The average molecular weight is 268 g/mol. The SMILES string of the molecule is CCC(NC)c1ccc(-c2cccc(Cl)c2F)o1. The summed E-state index contributed by atoms with van der Waals surface area (Å²) in [6, 6.07) is 8.65. The van der Waals surface area contributed by atoms with Crippen molar-refractivity contribution in [1.29, 1.82) is 0 Å². The number of nitrogens with one attached hydrogen (secondary N) is 1. The van der Waals surface area contributed by atoms with Crippen molar-refractivity contribution in [3.05, 3.63) is 46.9 Å². The normalized spacial score (nSPS) is 12.7. The summed E-state index contributed by atoms with van der Waals surface area (Å²) in [7, 11) is 1.87. The molecule has 2 nitrogen and oxygen atoms in total. The van der Waals surface area contributed by atoms with E-state index in [9.17, 15) is 4.39 Å². The first-order valence-electron chi connectivity index (χ1n) is 5.88. The van der Waals surface area contributed by atoms with Crippen LogP contribution in [0.25, 0.3) is 11.3 Å². The molecule has 0 amide bonds. The predicted molar refractivity (Wildman–Crippen MR) is 71.2 cm³/mol. The van der Waals surface area contributed by atoms with Gasteiger partial charge in [-0.05, 0) is 37.7 Å². The van der Waals surface area contributed by atoms with Gasteiger partial charge in [0.25, 0.3) is 0 Å². The number of benzene rings is 1. The van der Waals surface area contributed by atoms with E-state index in [-0.39, 0.29) is 11.1 Å². The molecule has 0 saturated carbocycles. The van der Waals surface area contributed by atoms with E-state index in [1.807, 2.05) is 13.1 Å². The van der Waals surface area contributed by atoms with E-state index in [1.54, 1.807) is 18.2 Å². The molecular formula is C14H15ClFNO. The lowest BCUT2D eigenvalue weighted by atomic mass is 10.1. The number of halogens is 2. The molecule has 0 radical (unpaired) electrons. The third-order valence-electron chi connectivity index (χ3n) is 2.94. The van der Waals surface area contributed by atoms with Crippen molar-refractivity contribution in [1.82, 2.24) is 5.32 Å². The summed E-state index contributed by atoms with van der Waals surface area (Å²) in [4.78, 5) is 0. The third kappa shape index (κ3) is 2.42. The molecule has 2 aromatic rings. The fourth-order valence-electron chi connectivity index (χ4n) is 1.93. The molecule has 0 saturated heterocycles. The van der Waals surface area contributed by atoms with Gasteiger partial charge in [0.15, 0.2) is 5.82 Å². The second-order valence-electron chi connectivity index (χ2n) is 4.05. The predicted octanol–water partition coefficient (Wildman–Crippen LogP) is 4.41. The van der Waals surface area contributed by atoms with Gasteiger partial charge in [-0.25, -0.2) is 4.39 Å². The van der Waals surface area contributed by atoms with E-state index < -0.39 is 5.82 Å². The van der Waals surface area contributed by atoms with Gasteiger partial charge in [-0.3, -0.25) is 0 Å².